The molecule has 0 heterocycles. The average molecular weight is 237 g/mol. The van der Waals surface area contributed by atoms with E-state index in [1.807, 2.05) is 30.3 Å². The summed E-state index contributed by atoms with van der Waals surface area (Å²) in [5.41, 5.74) is 1.13. The topological polar surface area (TPSA) is 58.6 Å². The fourth-order valence-corrected chi connectivity index (χ4v) is 1.54. The van der Waals surface area contributed by atoms with Gasteiger partial charge in [0.1, 0.15) is 0 Å². The van der Waals surface area contributed by atoms with Crippen LogP contribution in [0.1, 0.15) is 12.0 Å². The van der Waals surface area contributed by atoms with Crippen LogP contribution in [0.25, 0.3) is 0 Å². The van der Waals surface area contributed by atoms with Crippen molar-refractivity contribution < 1.29 is 14.6 Å². The summed E-state index contributed by atoms with van der Waals surface area (Å²) in [6, 6.07) is 9.52. The molecule has 0 saturated heterocycles. The normalized spacial score (nSPS) is 12.1. The maximum atomic E-state index is 11.6. The second-order valence-corrected chi connectivity index (χ2v) is 3.89. The Bertz CT molecular complexity index is 327. The first-order valence-electron chi connectivity index (χ1n) is 5.69. The SMILES string of the molecule is COCC(CO)NC(=O)CCc1ccccc1. The van der Waals surface area contributed by atoms with Crippen molar-refractivity contribution in [3.05, 3.63) is 35.9 Å². The smallest absolute Gasteiger partial charge is 0.220 e. The lowest BCUT2D eigenvalue weighted by atomic mass is 10.1. The lowest BCUT2D eigenvalue weighted by Gasteiger charge is -2.15. The van der Waals surface area contributed by atoms with Crippen LogP contribution in [0.5, 0.6) is 0 Å². The number of hydrogen-bond acceptors (Lipinski definition) is 3. The number of hydrogen-bond donors (Lipinski definition) is 2. The first-order valence-corrected chi connectivity index (χ1v) is 5.69. The second kappa shape index (κ2) is 7.81. The molecule has 0 aromatic heterocycles. The number of rotatable bonds is 7. The standard InChI is InChI=1S/C13H19NO3/c1-17-10-12(9-15)14-13(16)8-7-11-5-3-2-4-6-11/h2-6,12,15H,7-10H2,1H3,(H,14,16). The second-order valence-electron chi connectivity index (χ2n) is 3.89. The van der Waals surface area contributed by atoms with Crippen LogP contribution in [-0.4, -0.2) is 37.4 Å². The molecule has 94 valence electrons. The molecule has 17 heavy (non-hydrogen) atoms. The van der Waals surface area contributed by atoms with E-state index in [1.54, 1.807) is 7.11 Å². The molecule has 0 spiro atoms. The molecular weight excluding hydrogens is 218 g/mol. The van der Waals surface area contributed by atoms with Gasteiger partial charge in [0.15, 0.2) is 0 Å². The van der Waals surface area contributed by atoms with E-state index < -0.39 is 0 Å². The van der Waals surface area contributed by atoms with Crippen LogP contribution >= 0.6 is 0 Å². The van der Waals surface area contributed by atoms with Gasteiger partial charge in [-0.2, -0.15) is 0 Å². The van der Waals surface area contributed by atoms with Crippen molar-refractivity contribution in [2.75, 3.05) is 20.3 Å². The van der Waals surface area contributed by atoms with Crippen molar-refractivity contribution in [1.82, 2.24) is 5.32 Å². The number of carbonyl (C=O) groups excluding carboxylic acids is 1. The van der Waals surface area contributed by atoms with E-state index in [2.05, 4.69) is 5.32 Å². The Morgan fingerprint density at radius 3 is 2.71 bits per heavy atom. The van der Waals surface area contributed by atoms with E-state index in [0.29, 0.717) is 19.4 Å². The van der Waals surface area contributed by atoms with Crippen molar-refractivity contribution in [2.45, 2.75) is 18.9 Å². The predicted molar refractivity (Wildman–Crippen MR) is 65.7 cm³/mol. The summed E-state index contributed by atoms with van der Waals surface area (Å²) in [6.07, 6.45) is 1.13. The third kappa shape index (κ3) is 5.47. The van der Waals surface area contributed by atoms with Gasteiger partial charge < -0.3 is 15.2 Å². The van der Waals surface area contributed by atoms with Crippen molar-refractivity contribution in [3.8, 4) is 0 Å². The van der Waals surface area contributed by atoms with Gasteiger partial charge >= 0.3 is 0 Å². The fraction of sp³-hybridized carbons (Fsp3) is 0.462. The predicted octanol–water partition coefficient (Wildman–Crippen LogP) is 0.743. The van der Waals surface area contributed by atoms with Crippen LogP contribution in [-0.2, 0) is 16.0 Å². The van der Waals surface area contributed by atoms with Gasteiger partial charge in [-0.05, 0) is 12.0 Å². The van der Waals surface area contributed by atoms with Gasteiger partial charge in [0.05, 0.1) is 19.3 Å². The molecule has 2 N–H and O–H groups in total. The van der Waals surface area contributed by atoms with E-state index in [-0.39, 0.29) is 18.6 Å². The van der Waals surface area contributed by atoms with Crippen molar-refractivity contribution in [2.24, 2.45) is 0 Å². The van der Waals surface area contributed by atoms with Crippen LogP contribution in [0.15, 0.2) is 30.3 Å². The summed E-state index contributed by atoms with van der Waals surface area (Å²) < 4.78 is 4.88. The first-order chi connectivity index (χ1) is 8.26. The van der Waals surface area contributed by atoms with Gasteiger partial charge in [0, 0.05) is 13.5 Å². The minimum atomic E-state index is -0.316. The molecule has 1 aromatic rings. The van der Waals surface area contributed by atoms with Crippen molar-refractivity contribution >= 4 is 5.91 Å². The van der Waals surface area contributed by atoms with E-state index in [1.165, 1.54) is 0 Å². The van der Waals surface area contributed by atoms with E-state index in [4.69, 9.17) is 9.84 Å². The monoisotopic (exact) mass is 237 g/mol. The molecule has 0 aliphatic heterocycles. The number of amides is 1. The average Bonchev–Trinajstić information content (AvgIpc) is 2.37. The molecule has 1 aromatic carbocycles. The molecular formula is C13H19NO3. The number of aliphatic hydroxyl groups is 1. The number of ether oxygens (including phenoxy) is 1. The minimum Gasteiger partial charge on any atom is -0.394 e. The minimum absolute atomic E-state index is 0.0649. The molecule has 0 fully saturated rings. The van der Waals surface area contributed by atoms with E-state index >= 15 is 0 Å². The van der Waals surface area contributed by atoms with Gasteiger partial charge in [-0.1, -0.05) is 30.3 Å². The third-order valence-electron chi connectivity index (χ3n) is 2.44. The Hall–Kier alpha value is -1.39. The number of carbonyl (C=O) groups is 1. The van der Waals surface area contributed by atoms with Gasteiger partial charge in [0.25, 0.3) is 0 Å². The van der Waals surface area contributed by atoms with Crippen LogP contribution in [0.4, 0.5) is 0 Å². The lowest BCUT2D eigenvalue weighted by molar-refractivity contribution is -0.122. The van der Waals surface area contributed by atoms with E-state index in [0.717, 1.165) is 5.56 Å². The highest BCUT2D eigenvalue weighted by atomic mass is 16.5. The molecule has 1 unspecified atom stereocenters. The largest absolute Gasteiger partial charge is 0.394 e. The summed E-state index contributed by atoms with van der Waals surface area (Å²) in [5, 5.41) is 11.7. The quantitative estimate of drug-likeness (QED) is 0.735. The zero-order valence-electron chi connectivity index (χ0n) is 10.1. The van der Waals surface area contributed by atoms with Crippen LogP contribution < -0.4 is 5.32 Å². The zero-order valence-corrected chi connectivity index (χ0v) is 10.1. The highest BCUT2D eigenvalue weighted by Gasteiger charge is 2.10. The maximum absolute atomic E-state index is 11.6. The molecule has 0 saturated carbocycles. The Kier molecular flexibility index (Phi) is 6.29. The van der Waals surface area contributed by atoms with Crippen molar-refractivity contribution in [3.63, 3.8) is 0 Å². The molecule has 1 amide bonds. The number of nitrogens with one attached hydrogen (secondary N) is 1. The van der Waals surface area contributed by atoms with Gasteiger partial charge in [-0.15, -0.1) is 0 Å². The third-order valence-corrected chi connectivity index (χ3v) is 2.44. The summed E-state index contributed by atoms with van der Waals surface area (Å²) in [5.74, 6) is -0.0649. The number of methoxy groups -OCH3 is 1. The Morgan fingerprint density at radius 1 is 1.41 bits per heavy atom. The van der Waals surface area contributed by atoms with Crippen LogP contribution in [0.3, 0.4) is 0 Å². The highest BCUT2D eigenvalue weighted by Crippen LogP contribution is 2.02. The maximum Gasteiger partial charge on any atom is 0.220 e. The van der Waals surface area contributed by atoms with Gasteiger partial charge in [0.2, 0.25) is 5.91 Å². The highest BCUT2D eigenvalue weighted by molar-refractivity contribution is 5.76. The lowest BCUT2D eigenvalue weighted by Crippen LogP contribution is -2.40. The molecule has 4 nitrogen and oxygen atoms in total. The summed E-state index contributed by atoms with van der Waals surface area (Å²) in [4.78, 5) is 11.6. The molecule has 1 rings (SSSR count). The summed E-state index contributed by atoms with van der Waals surface area (Å²) >= 11 is 0. The van der Waals surface area contributed by atoms with Gasteiger partial charge in [-0.3, -0.25) is 4.79 Å². The number of aliphatic hydroxyl groups excluding tert-OH is 1. The Balaban J connectivity index is 2.30. The molecule has 0 radical (unpaired) electrons. The van der Waals surface area contributed by atoms with E-state index in [9.17, 15) is 4.79 Å². The molecule has 0 bridgehead atoms. The van der Waals surface area contributed by atoms with Crippen LogP contribution in [0, 0.1) is 0 Å². The molecule has 0 aliphatic carbocycles. The Labute approximate surface area is 102 Å². The molecule has 4 heteroatoms. The molecule has 1 atom stereocenters. The van der Waals surface area contributed by atoms with Crippen LogP contribution in [0.2, 0.25) is 0 Å². The first kappa shape index (κ1) is 13.7. The zero-order chi connectivity index (χ0) is 12.5. The number of benzene rings is 1. The summed E-state index contributed by atoms with van der Waals surface area (Å²) in [7, 11) is 1.54. The fourth-order valence-electron chi connectivity index (χ4n) is 1.54. The number of aryl methyl sites for hydroxylation is 1. The molecule has 0 aliphatic rings. The van der Waals surface area contributed by atoms with Crippen molar-refractivity contribution in [1.29, 1.82) is 0 Å². The Morgan fingerprint density at radius 2 is 2.12 bits per heavy atom. The van der Waals surface area contributed by atoms with Gasteiger partial charge in [-0.25, -0.2) is 0 Å². The summed E-state index contributed by atoms with van der Waals surface area (Å²) in [6.45, 7) is 0.221.